The summed E-state index contributed by atoms with van der Waals surface area (Å²) in [5.74, 6) is -0.781. The molecule has 0 fully saturated rings. The van der Waals surface area contributed by atoms with Crippen LogP contribution < -0.4 is 10.2 Å². The Morgan fingerprint density at radius 3 is 2.31 bits per heavy atom. The van der Waals surface area contributed by atoms with Crippen LogP contribution in [-0.4, -0.2) is 40.0 Å². The summed E-state index contributed by atoms with van der Waals surface area (Å²) in [5.41, 5.74) is 9.83. The number of nitrogens with zero attached hydrogens (tertiary/aromatic N) is 2. The van der Waals surface area contributed by atoms with Gasteiger partial charge in [0.1, 0.15) is 11.0 Å². The van der Waals surface area contributed by atoms with E-state index in [-0.39, 0.29) is 5.91 Å². The Labute approximate surface area is 295 Å². The number of fused-ring (bicyclic) bond motifs is 1. The van der Waals surface area contributed by atoms with Gasteiger partial charge in [0, 0.05) is 29.9 Å². The minimum atomic E-state index is -1.03. The van der Waals surface area contributed by atoms with E-state index in [4.69, 9.17) is 4.98 Å². The Kier molecular flexibility index (Phi) is 10.8. The molecule has 1 aromatic heterocycles. The number of carboxylic acids is 1. The molecule has 5 aromatic carbocycles. The number of benzene rings is 5. The van der Waals surface area contributed by atoms with Gasteiger partial charge in [-0.2, -0.15) is 11.8 Å². The lowest BCUT2D eigenvalue weighted by molar-refractivity contribution is -0.139. The molecule has 6 rings (SSSR count). The number of aromatic nitrogens is 1. The molecule has 1 heterocycles. The van der Waals surface area contributed by atoms with Crippen LogP contribution in [0.5, 0.6) is 0 Å². The first-order valence-electron chi connectivity index (χ1n) is 16.3. The number of aryl methyl sites for hydroxylation is 2. The molecular formula is C41H39N3O3S2. The van der Waals surface area contributed by atoms with Crippen molar-refractivity contribution in [2.45, 2.75) is 39.4 Å². The second-order valence-corrected chi connectivity index (χ2v) is 14.2. The highest BCUT2D eigenvalue weighted by Gasteiger charge is 2.23. The van der Waals surface area contributed by atoms with Crippen LogP contribution in [-0.2, 0) is 17.9 Å². The van der Waals surface area contributed by atoms with Crippen LogP contribution in [0.4, 0.5) is 5.69 Å². The van der Waals surface area contributed by atoms with E-state index in [2.05, 4.69) is 89.9 Å². The molecule has 1 unspecified atom stereocenters. The first-order chi connectivity index (χ1) is 23.8. The quantitative estimate of drug-likeness (QED) is 0.126. The van der Waals surface area contributed by atoms with E-state index in [0.29, 0.717) is 30.8 Å². The van der Waals surface area contributed by atoms with Crippen LogP contribution in [0.1, 0.15) is 39.0 Å². The van der Waals surface area contributed by atoms with Crippen molar-refractivity contribution in [1.82, 2.24) is 10.3 Å². The first kappa shape index (κ1) is 34.0. The Morgan fingerprint density at radius 1 is 0.837 bits per heavy atom. The zero-order valence-corrected chi connectivity index (χ0v) is 29.5. The fourth-order valence-electron chi connectivity index (χ4n) is 5.95. The molecule has 0 bridgehead atoms. The molecule has 2 N–H and O–H groups in total. The van der Waals surface area contributed by atoms with Crippen LogP contribution in [0.15, 0.2) is 115 Å². The molecule has 6 nitrogen and oxygen atoms in total. The molecule has 0 spiro atoms. The number of nitrogens with one attached hydrogen (secondary N) is 1. The van der Waals surface area contributed by atoms with Crippen molar-refractivity contribution in [3.63, 3.8) is 0 Å². The molecular weight excluding hydrogens is 647 g/mol. The molecule has 0 aliphatic rings. The highest BCUT2D eigenvalue weighted by atomic mass is 32.2. The van der Waals surface area contributed by atoms with Crippen molar-refractivity contribution in [3.05, 3.63) is 143 Å². The van der Waals surface area contributed by atoms with Gasteiger partial charge in [0.05, 0.1) is 10.2 Å². The lowest BCUT2D eigenvalue weighted by Crippen LogP contribution is -2.41. The van der Waals surface area contributed by atoms with Crippen LogP contribution in [0.2, 0.25) is 0 Å². The number of thiazole rings is 1. The van der Waals surface area contributed by atoms with Crippen molar-refractivity contribution in [3.8, 4) is 21.7 Å². The Balaban J connectivity index is 1.33. The summed E-state index contributed by atoms with van der Waals surface area (Å²) in [4.78, 5) is 32.8. The van der Waals surface area contributed by atoms with Crippen molar-refractivity contribution in [2.75, 3.05) is 16.9 Å². The smallest absolute Gasteiger partial charge is 0.326 e. The van der Waals surface area contributed by atoms with E-state index in [1.165, 1.54) is 15.8 Å². The molecule has 248 valence electrons. The Hall–Kier alpha value is -4.92. The molecule has 0 aliphatic heterocycles. The van der Waals surface area contributed by atoms with Crippen molar-refractivity contribution < 1.29 is 14.7 Å². The summed E-state index contributed by atoms with van der Waals surface area (Å²) in [5, 5.41) is 13.6. The number of anilines is 1. The maximum Gasteiger partial charge on any atom is 0.326 e. The van der Waals surface area contributed by atoms with Gasteiger partial charge < -0.3 is 15.3 Å². The van der Waals surface area contributed by atoms with Gasteiger partial charge >= 0.3 is 5.97 Å². The summed E-state index contributed by atoms with van der Waals surface area (Å²) >= 11 is 3.26. The van der Waals surface area contributed by atoms with E-state index in [9.17, 15) is 14.7 Å². The highest BCUT2D eigenvalue weighted by Crippen LogP contribution is 2.33. The molecule has 6 aromatic rings. The van der Waals surface area contributed by atoms with E-state index >= 15 is 0 Å². The maximum absolute atomic E-state index is 13.7. The van der Waals surface area contributed by atoms with Crippen LogP contribution in [0.25, 0.3) is 31.9 Å². The zero-order chi connectivity index (χ0) is 34.3. The number of carbonyl (C=O) groups is 2. The van der Waals surface area contributed by atoms with Crippen molar-refractivity contribution in [1.29, 1.82) is 0 Å². The number of thioether (sulfide) groups is 1. The third kappa shape index (κ3) is 8.21. The lowest BCUT2D eigenvalue weighted by atomic mass is 9.93. The fraction of sp³-hybridized carbons (Fsp3) is 0.195. The summed E-state index contributed by atoms with van der Waals surface area (Å²) in [6, 6.07) is 38.2. The molecule has 0 aliphatic carbocycles. The monoisotopic (exact) mass is 685 g/mol. The number of rotatable bonds is 13. The Bertz CT molecular complexity index is 2080. The normalized spacial score (nSPS) is 11.7. The molecule has 1 amide bonds. The van der Waals surface area contributed by atoms with Gasteiger partial charge in [-0.05, 0) is 114 Å². The number of aliphatic carboxylic acids is 1. The standard InChI is InChI=1S/C41H39N3O3S2/c1-27-13-20-36-38(23-27)49-40(43-36)31-15-17-32(18-16-31)44(25-29-10-5-4-6-11-29)26-30-14-19-34(35(24-30)33-12-8-7-9-28(33)2)39(45)42-37(41(46)47)21-22-48-3/h4-20,23-24,37H,21-22,25-26H2,1-3H3,(H,42,45)(H,46,47). The van der Waals surface area contributed by atoms with Gasteiger partial charge in [0.2, 0.25) is 0 Å². The second-order valence-electron chi connectivity index (χ2n) is 12.2. The van der Waals surface area contributed by atoms with E-state index in [0.717, 1.165) is 44.0 Å². The van der Waals surface area contributed by atoms with Gasteiger partial charge in [-0.15, -0.1) is 11.3 Å². The SMILES string of the molecule is CSCCC(NC(=O)c1ccc(CN(Cc2ccccc2)c2ccc(-c3nc4ccc(C)cc4s3)cc2)cc1-c1ccccc1C)C(=O)O. The third-order valence-electron chi connectivity index (χ3n) is 8.59. The predicted molar refractivity (Wildman–Crippen MR) is 205 cm³/mol. The largest absolute Gasteiger partial charge is 0.480 e. The third-order valence-corrected chi connectivity index (χ3v) is 10.3. The average Bonchev–Trinajstić information content (AvgIpc) is 3.53. The molecule has 8 heteroatoms. The minimum absolute atomic E-state index is 0.353. The van der Waals surface area contributed by atoms with Crippen LogP contribution in [0, 0.1) is 13.8 Å². The topological polar surface area (TPSA) is 82.5 Å². The fourth-order valence-corrected chi connectivity index (χ4v) is 7.49. The Morgan fingerprint density at radius 2 is 1.57 bits per heavy atom. The van der Waals surface area contributed by atoms with Gasteiger partial charge in [0.15, 0.2) is 0 Å². The number of hydrogen-bond acceptors (Lipinski definition) is 6. The number of amides is 1. The molecule has 1 atom stereocenters. The number of hydrogen-bond donors (Lipinski definition) is 2. The van der Waals surface area contributed by atoms with Gasteiger partial charge in [-0.1, -0.05) is 66.7 Å². The van der Waals surface area contributed by atoms with Crippen LogP contribution in [0.3, 0.4) is 0 Å². The summed E-state index contributed by atoms with van der Waals surface area (Å²) < 4.78 is 1.19. The zero-order valence-electron chi connectivity index (χ0n) is 27.9. The number of carbonyl (C=O) groups excluding carboxylic acids is 1. The molecule has 0 saturated heterocycles. The van der Waals surface area contributed by atoms with Gasteiger partial charge in [-0.25, -0.2) is 9.78 Å². The van der Waals surface area contributed by atoms with Crippen molar-refractivity contribution in [2.24, 2.45) is 0 Å². The van der Waals surface area contributed by atoms with Crippen LogP contribution >= 0.6 is 23.1 Å². The summed E-state index contributed by atoms with van der Waals surface area (Å²) in [6.07, 6.45) is 2.28. The predicted octanol–water partition coefficient (Wildman–Crippen LogP) is 9.39. The average molecular weight is 686 g/mol. The maximum atomic E-state index is 13.7. The van der Waals surface area contributed by atoms with Gasteiger partial charge in [-0.3, -0.25) is 4.79 Å². The second kappa shape index (κ2) is 15.5. The molecule has 0 radical (unpaired) electrons. The lowest BCUT2D eigenvalue weighted by Gasteiger charge is -2.26. The molecule has 49 heavy (non-hydrogen) atoms. The number of carboxylic acid groups (broad SMARTS) is 1. The molecule has 0 saturated carbocycles. The first-order valence-corrected chi connectivity index (χ1v) is 18.5. The van der Waals surface area contributed by atoms with E-state index in [1.807, 2.05) is 55.6 Å². The summed E-state index contributed by atoms with van der Waals surface area (Å²) in [7, 11) is 0. The van der Waals surface area contributed by atoms with Gasteiger partial charge in [0.25, 0.3) is 5.91 Å². The minimum Gasteiger partial charge on any atom is -0.480 e. The highest BCUT2D eigenvalue weighted by molar-refractivity contribution is 7.98. The van der Waals surface area contributed by atoms with E-state index in [1.54, 1.807) is 23.1 Å². The summed E-state index contributed by atoms with van der Waals surface area (Å²) in [6.45, 7) is 5.42. The van der Waals surface area contributed by atoms with Crippen molar-refractivity contribution >= 4 is 50.9 Å². The van der Waals surface area contributed by atoms with E-state index < -0.39 is 12.0 Å².